The molecule has 2 aromatic rings. The van der Waals surface area contributed by atoms with E-state index in [1.807, 2.05) is 25.1 Å². The number of ketones is 1. The van der Waals surface area contributed by atoms with Crippen LogP contribution in [0.15, 0.2) is 54.4 Å². The van der Waals surface area contributed by atoms with Crippen LogP contribution in [0.4, 0.5) is 0 Å². The molecule has 0 bridgehead atoms. The molecule has 2 saturated heterocycles. The molecule has 1 amide bonds. The lowest BCUT2D eigenvalue weighted by molar-refractivity contribution is -0.140. The number of morpholine rings is 1. The van der Waals surface area contributed by atoms with Crippen molar-refractivity contribution in [2.24, 2.45) is 0 Å². The van der Waals surface area contributed by atoms with E-state index < -0.39 is 17.7 Å². The Morgan fingerprint density at radius 2 is 1.87 bits per heavy atom. The molecule has 7 nitrogen and oxygen atoms in total. The summed E-state index contributed by atoms with van der Waals surface area (Å²) in [7, 11) is 0. The van der Waals surface area contributed by atoms with Crippen LogP contribution in [-0.4, -0.2) is 71.0 Å². The van der Waals surface area contributed by atoms with Crippen molar-refractivity contribution in [3.05, 3.63) is 71.1 Å². The summed E-state index contributed by atoms with van der Waals surface area (Å²) in [4.78, 5) is 34.0. The number of benzene rings is 1. The van der Waals surface area contributed by atoms with Crippen molar-refractivity contribution in [2.45, 2.75) is 19.4 Å². The highest BCUT2D eigenvalue weighted by molar-refractivity contribution is 6.46. The maximum absolute atomic E-state index is 13.0. The largest absolute Gasteiger partial charge is 0.507 e. The quantitative estimate of drug-likeness (QED) is 0.439. The van der Waals surface area contributed by atoms with Crippen molar-refractivity contribution < 1.29 is 19.4 Å². The number of likely N-dealkylation sites (tertiary alicyclic amines) is 1. The molecule has 2 fully saturated rings. The second-order valence-corrected chi connectivity index (χ2v) is 7.95. The topological polar surface area (TPSA) is 83.0 Å². The number of carbonyl (C=O) groups is 2. The van der Waals surface area contributed by atoms with Crippen molar-refractivity contribution in [3.63, 3.8) is 0 Å². The van der Waals surface area contributed by atoms with Gasteiger partial charge in [-0.2, -0.15) is 0 Å². The minimum Gasteiger partial charge on any atom is -0.507 e. The number of pyridine rings is 1. The van der Waals surface area contributed by atoms with Gasteiger partial charge in [0.05, 0.1) is 24.8 Å². The van der Waals surface area contributed by atoms with Gasteiger partial charge in [-0.05, 0) is 25.0 Å². The number of ether oxygens (including phenoxy) is 1. The Kier molecular flexibility index (Phi) is 6.44. The lowest BCUT2D eigenvalue weighted by Crippen LogP contribution is -2.39. The predicted octanol–water partition coefficient (Wildman–Crippen LogP) is 2.53. The number of aliphatic hydroxyl groups excluding tert-OH is 1. The molecule has 0 saturated carbocycles. The first kappa shape index (κ1) is 21.2. The highest BCUT2D eigenvalue weighted by atomic mass is 16.5. The zero-order valence-corrected chi connectivity index (χ0v) is 17.7. The number of hydrogen-bond acceptors (Lipinski definition) is 6. The van der Waals surface area contributed by atoms with Crippen LogP contribution in [0.25, 0.3) is 5.76 Å². The van der Waals surface area contributed by atoms with E-state index >= 15 is 0 Å². The second kappa shape index (κ2) is 9.41. The van der Waals surface area contributed by atoms with E-state index in [1.54, 1.807) is 35.5 Å². The Morgan fingerprint density at radius 3 is 2.55 bits per heavy atom. The maximum atomic E-state index is 13.0. The average molecular weight is 421 g/mol. The SMILES string of the molecule is Cc1ccc(/C(O)=C2\C(=O)C(=O)N(CCCN3CCOCC3)[C@H]2c2cccnc2)cc1. The van der Waals surface area contributed by atoms with Gasteiger partial charge in [0.15, 0.2) is 0 Å². The van der Waals surface area contributed by atoms with Crippen LogP contribution >= 0.6 is 0 Å². The van der Waals surface area contributed by atoms with Gasteiger partial charge in [0, 0.05) is 44.1 Å². The lowest BCUT2D eigenvalue weighted by Gasteiger charge is -2.29. The van der Waals surface area contributed by atoms with Gasteiger partial charge in [-0.15, -0.1) is 0 Å². The minimum atomic E-state index is -0.654. The summed E-state index contributed by atoms with van der Waals surface area (Å²) in [5, 5.41) is 11.0. The van der Waals surface area contributed by atoms with Gasteiger partial charge in [0.1, 0.15) is 5.76 Å². The predicted molar refractivity (Wildman–Crippen MR) is 116 cm³/mol. The molecule has 1 aromatic heterocycles. The van der Waals surface area contributed by atoms with Crippen molar-refractivity contribution in [2.75, 3.05) is 39.4 Å². The van der Waals surface area contributed by atoms with E-state index in [-0.39, 0.29) is 11.3 Å². The van der Waals surface area contributed by atoms with E-state index in [0.29, 0.717) is 17.7 Å². The van der Waals surface area contributed by atoms with Gasteiger partial charge in [0.25, 0.3) is 11.7 Å². The highest BCUT2D eigenvalue weighted by Crippen LogP contribution is 2.39. The van der Waals surface area contributed by atoms with Crippen molar-refractivity contribution in [1.29, 1.82) is 0 Å². The standard InChI is InChI=1S/C24H27N3O4/c1-17-5-7-18(8-6-17)22(28)20-21(19-4-2-9-25-16-19)27(24(30)23(20)29)11-3-10-26-12-14-31-15-13-26/h2,4-9,16,21,28H,3,10-15H2,1H3/b22-20+/t21-/m0/s1. The number of carbonyl (C=O) groups excluding carboxylic acids is 2. The van der Waals surface area contributed by atoms with Crippen LogP contribution in [-0.2, 0) is 14.3 Å². The van der Waals surface area contributed by atoms with Crippen LogP contribution < -0.4 is 0 Å². The molecule has 3 heterocycles. The van der Waals surface area contributed by atoms with Crippen molar-refractivity contribution >= 4 is 17.4 Å². The van der Waals surface area contributed by atoms with Crippen LogP contribution in [0.3, 0.4) is 0 Å². The summed E-state index contributed by atoms with van der Waals surface area (Å²) in [5.74, 6) is -1.38. The zero-order chi connectivity index (χ0) is 21.8. The Balaban J connectivity index is 1.64. The van der Waals surface area contributed by atoms with Gasteiger partial charge < -0.3 is 14.7 Å². The summed E-state index contributed by atoms with van der Waals surface area (Å²) in [5.41, 5.74) is 2.39. The number of hydrogen-bond donors (Lipinski definition) is 1. The third-order valence-electron chi connectivity index (χ3n) is 5.84. The Morgan fingerprint density at radius 1 is 1.13 bits per heavy atom. The van der Waals surface area contributed by atoms with Gasteiger partial charge in [-0.25, -0.2) is 0 Å². The summed E-state index contributed by atoms with van der Waals surface area (Å²) in [6.45, 7) is 6.38. The minimum absolute atomic E-state index is 0.119. The molecular weight excluding hydrogens is 394 g/mol. The maximum Gasteiger partial charge on any atom is 0.295 e. The van der Waals surface area contributed by atoms with Gasteiger partial charge in [-0.3, -0.25) is 19.5 Å². The first-order chi connectivity index (χ1) is 15.1. The van der Waals surface area contributed by atoms with Crippen LogP contribution in [0.2, 0.25) is 0 Å². The molecule has 7 heteroatoms. The molecule has 1 N–H and O–H groups in total. The first-order valence-corrected chi connectivity index (χ1v) is 10.6. The van der Waals surface area contributed by atoms with E-state index in [0.717, 1.165) is 44.8 Å². The van der Waals surface area contributed by atoms with Crippen LogP contribution in [0.5, 0.6) is 0 Å². The number of aliphatic hydroxyl groups is 1. The molecule has 31 heavy (non-hydrogen) atoms. The number of rotatable bonds is 6. The van der Waals surface area contributed by atoms with Gasteiger partial charge in [0.2, 0.25) is 0 Å². The van der Waals surface area contributed by atoms with E-state index in [4.69, 9.17) is 4.74 Å². The number of Topliss-reactive ketones (excluding diaryl/α,β-unsaturated/α-hetero) is 1. The zero-order valence-electron chi connectivity index (χ0n) is 17.7. The molecule has 2 aliphatic rings. The summed E-state index contributed by atoms with van der Waals surface area (Å²) >= 11 is 0. The Bertz CT molecular complexity index is 966. The molecule has 0 aliphatic carbocycles. The molecule has 0 spiro atoms. The van der Waals surface area contributed by atoms with Gasteiger partial charge in [-0.1, -0.05) is 35.9 Å². The highest BCUT2D eigenvalue weighted by Gasteiger charge is 2.45. The lowest BCUT2D eigenvalue weighted by atomic mass is 9.96. The molecule has 162 valence electrons. The summed E-state index contributed by atoms with van der Waals surface area (Å²) in [6.07, 6.45) is 4.02. The third-order valence-corrected chi connectivity index (χ3v) is 5.84. The third kappa shape index (κ3) is 4.52. The Hall–Kier alpha value is -3.03. The number of nitrogens with zero attached hydrogens (tertiary/aromatic N) is 3. The van der Waals surface area contributed by atoms with E-state index in [2.05, 4.69) is 9.88 Å². The van der Waals surface area contributed by atoms with E-state index in [1.165, 1.54) is 0 Å². The number of aryl methyl sites for hydroxylation is 1. The fraction of sp³-hybridized carbons (Fsp3) is 0.375. The molecule has 0 unspecified atom stereocenters. The fourth-order valence-electron chi connectivity index (χ4n) is 4.15. The molecule has 0 radical (unpaired) electrons. The monoisotopic (exact) mass is 421 g/mol. The average Bonchev–Trinajstić information content (AvgIpc) is 3.05. The molecule has 1 atom stereocenters. The number of amides is 1. The molecule has 1 aromatic carbocycles. The number of aromatic nitrogens is 1. The van der Waals surface area contributed by atoms with Crippen LogP contribution in [0.1, 0.15) is 29.2 Å². The van der Waals surface area contributed by atoms with Gasteiger partial charge >= 0.3 is 0 Å². The van der Waals surface area contributed by atoms with Crippen LogP contribution in [0, 0.1) is 6.92 Å². The summed E-state index contributed by atoms with van der Waals surface area (Å²) in [6, 6.07) is 10.2. The van der Waals surface area contributed by atoms with E-state index in [9.17, 15) is 14.7 Å². The fourth-order valence-corrected chi connectivity index (χ4v) is 4.15. The second-order valence-electron chi connectivity index (χ2n) is 7.95. The van der Waals surface area contributed by atoms with Crippen molar-refractivity contribution in [1.82, 2.24) is 14.8 Å². The van der Waals surface area contributed by atoms with Crippen molar-refractivity contribution in [3.8, 4) is 0 Å². The summed E-state index contributed by atoms with van der Waals surface area (Å²) < 4.78 is 5.38. The Labute approximate surface area is 182 Å². The smallest absolute Gasteiger partial charge is 0.295 e. The molecule has 4 rings (SSSR count). The molecule has 2 aliphatic heterocycles. The molecular formula is C24H27N3O4. The normalized spacial score (nSPS) is 21.6. The first-order valence-electron chi connectivity index (χ1n) is 10.6.